The summed E-state index contributed by atoms with van der Waals surface area (Å²) >= 11 is 5.88. The molecule has 1 aliphatic heterocycles. The highest BCUT2D eigenvalue weighted by Gasteiger charge is 2.18. The van der Waals surface area contributed by atoms with Crippen molar-refractivity contribution in [2.45, 2.75) is 12.4 Å². The van der Waals surface area contributed by atoms with E-state index in [-0.39, 0.29) is 5.50 Å². The highest BCUT2D eigenvalue weighted by atomic mass is 35.5. The van der Waals surface area contributed by atoms with Crippen LogP contribution in [-0.4, -0.2) is 22.9 Å². The summed E-state index contributed by atoms with van der Waals surface area (Å²) in [6.45, 7) is 2.68. The monoisotopic (exact) mass is 174 g/mol. The Morgan fingerprint density at radius 3 is 2.82 bits per heavy atom. The molecule has 5 heteroatoms. The molecule has 4 nitrogen and oxygen atoms in total. The van der Waals surface area contributed by atoms with Crippen LogP contribution in [0.4, 0.5) is 0 Å². The summed E-state index contributed by atoms with van der Waals surface area (Å²) in [5, 5.41) is 0. The van der Waals surface area contributed by atoms with Crippen molar-refractivity contribution < 1.29 is 0 Å². The van der Waals surface area contributed by atoms with Crippen molar-refractivity contribution in [1.82, 2.24) is 4.90 Å². The predicted molar refractivity (Wildman–Crippen MR) is 45.9 cm³/mol. The first-order valence-electron chi connectivity index (χ1n) is 3.37. The zero-order chi connectivity index (χ0) is 8.43. The Morgan fingerprint density at radius 2 is 2.36 bits per heavy atom. The molecule has 0 bridgehead atoms. The van der Waals surface area contributed by atoms with Gasteiger partial charge in [0.2, 0.25) is 0 Å². The van der Waals surface area contributed by atoms with Gasteiger partial charge in [0.05, 0.1) is 0 Å². The van der Waals surface area contributed by atoms with Crippen molar-refractivity contribution in [3.63, 3.8) is 0 Å². The van der Waals surface area contributed by atoms with Crippen LogP contribution in [0.1, 0.15) is 6.92 Å². The van der Waals surface area contributed by atoms with Gasteiger partial charge in [-0.3, -0.25) is 0 Å². The Balaban J connectivity index is 2.82. The molecule has 0 amide bonds. The Bertz CT molecular complexity index is 211. The highest BCUT2D eigenvalue weighted by Crippen LogP contribution is 2.12. The summed E-state index contributed by atoms with van der Waals surface area (Å²) in [5.74, 6) is 0.764. The lowest BCUT2D eigenvalue weighted by molar-refractivity contribution is 0.440. The van der Waals surface area contributed by atoms with E-state index >= 15 is 0 Å². The minimum atomic E-state index is -0.266. The fourth-order valence-corrected chi connectivity index (χ4v) is 1.29. The Morgan fingerprint density at radius 1 is 1.73 bits per heavy atom. The van der Waals surface area contributed by atoms with Crippen LogP contribution < -0.4 is 11.5 Å². The largest absolute Gasteiger partial charge is 0.384 e. The lowest BCUT2D eigenvalue weighted by Gasteiger charge is -2.27. The quantitative estimate of drug-likeness (QED) is 0.435. The van der Waals surface area contributed by atoms with Crippen LogP contribution >= 0.6 is 11.6 Å². The van der Waals surface area contributed by atoms with E-state index < -0.39 is 0 Å². The van der Waals surface area contributed by atoms with E-state index in [9.17, 15) is 0 Å². The van der Waals surface area contributed by atoms with Crippen molar-refractivity contribution in [2.24, 2.45) is 16.5 Å². The first-order valence-corrected chi connectivity index (χ1v) is 3.81. The van der Waals surface area contributed by atoms with Gasteiger partial charge in [0.1, 0.15) is 11.3 Å². The maximum atomic E-state index is 5.88. The van der Waals surface area contributed by atoms with Gasteiger partial charge in [0, 0.05) is 6.54 Å². The van der Waals surface area contributed by atoms with E-state index in [0.29, 0.717) is 11.8 Å². The summed E-state index contributed by atoms with van der Waals surface area (Å²) in [7, 11) is 0. The second kappa shape index (κ2) is 3.00. The minimum absolute atomic E-state index is 0.266. The molecule has 1 unspecified atom stereocenters. The summed E-state index contributed by atoms with van der Waals surface area (Å²) in [6, 6.07) is 0. The lowest BCUT2D eigenvalue weighted by atomic mass is 10.4. The Labute approximate surface area is 70.5 Å². The number of guanidine groups is 1. The molecule has 1 heterocycles. The fourth-order valence-electron chi connectivity index (χ4n) is 0.927. The maximum absolute atomic E-state index is 5.88. The summed E-state index contributed by atoms with van der Waals surface area (Å²) in [4.78, 5) is 5.61. The van der Waals surface area contributed by atoms with Gasteiger partial charge >= 0.3 is 0 Å². The second-order valence-corrected chi connectivity index (χ2v) is 2.67. The van der Waals surface area contributed by atoms with Gasteiger partial charge in [-0.15, -0.1) is 0 Å². The SMILES string of the molecule is CCN1C(N)=NC(N)=CC1Cl. The van der Waals surface area contributed by atoms with Crippen molar-refractivity contribution in [3.05, 3.63) is 11.9 Å². The third-order valence-corrected chi connectivity index (χ3v) is 1.85. The minimum Gasteiger partial charge on any atom is -0.384 e. The van der Waals surface area contributed by atoms with Gasteiger partial charge in [0.15, 0.2) is 5.96 Å². The molecule has 0 saturated carbocycles. The number of halogens is 1. The van der Waals surface area contributed by atoms with Crippen LogP contribution in [0.3, 0.4) is 0 Å². The van der Waals surface area contributed by atoms with Crippen LogP contribution in [0.25, 0.3) is 0 Å². The number of aliphatic imine (C=N–C) groups is 1. The van der Waals surface area contributed by atoms with Gasteiger partial charge in [0.25, 0.3) is 0 Å². The van der Waals surface area contributed by atoms with Gasteiger partial charge in [-0.25, -0.2) is 0 Å². The maximum Gasteiger partial charge on any atom is 0.199 e. The molecule has 0 aromatic heterocycles. The molecule has 0 aromatic carbocycles. The van der Waals surface area contributed by atoms with Crippen molar-refractivity contribution in [2.75, 3.05) is 6.54 Å². The van der Waals surface area contributed by atoms with Crippen molar-refractivity contribution >= 4 is 17.6 Å². The molecular weight excluding hydrogens is 164 g/mol. The average Bonchev–Trinajstić information content (AvgIpc) is 1.85. The summed E-state index contributed by atoms with van der Waals surface area (Å²) in [6.07, 6.45) is 1.65. The molecule has 0 fully saturated rings. The molecule has 62 valence electrons. The van der Waals surface area contributed by atoms with Gasteiger partial charge in [-0.05, 0) is 13.0 Å². The molecule has 0 radical (unpaired) electrons. The number of hydrogen-bond acceptors (Lipinski definition) is 4. The van der Waals surface area contributed by atoms with Crippen LogP contribution in [0, 0.1) is 0 Å². The molecule has 4 N–H and O–H groups in total. The molecule has 1 atom stereocenters. The smallest absolute Gasteiger partial charge is 0.199 e. The number of rotatable bonds is 1. The number of alkyl halides is 1. The number of nitrogens with two attached hydrogens (primary N) is 2. The molecule has 1 aliphatic rings. The molecule has 0 saturated heterocycles. The zero-order valence-corrected chi connectivity index (χ0v) is 7.04. The molecule has 1 rings (SSSR count). The highest BCUT2D eigenvalue weighted by molar-refractivity contribution is 6.22. The number of nitrogens with zero attached hydrogens (tertiary/aromatic N) is 2. The van der Waals surface area contributed by atoms with Gasteiger partial charge in [-0.2, -0.15) is 4.99 Å². The molecule has 0 spiro atoms. The normalized spacial score (nSPS) is 24.5. The van der Waals surface area contributed by atoms with Crippen LogP contribution in [0.2, 0.25) is 0 Å². The summed E-state index contributed by atoms with van der Waals surface area (Å²) in [5.41, 5.74) is 10.7. The van der Waals surface area contributed by atoms with Crippen molar-refractivity contribution in [3.8, 4) is 0 Å². The first kappa shape index (κ1) is 8.20. The Hall–Kier alpha value is -0.900. The fraction of sp³-hybridized carbons (Fsp3) is 0.500. The molecule has 0 aliphatic carbocycles. The van der Waals surface area contributed by atoms with E-state index in [1.807, 2.05) is 6.92 Å². The average molecular weight is 175 g/mol. The van der Waals surface area contributed by atoms with E-state index in [1.54, 1.807) is 11.0 Å². The van der Waals surface area contributed by atoms with Gasteiger partial charge in [-0.1, -0.05) is 11.6 Å². The van der Waals surface area contributed by atoms with E-state index in [0.717, 1.165) is 6.54 Å². The zero-order valence-electron chi connectivity index (χ0n) is 6.29. The van der Waals surface area contributed by atoms with E-state index in [4.69, 9.17) is 23.1 Å². The number of hydrogen-bond donors (Lipinski definition) is 2. The van der Waals surface area contributed by atoms with E-state index in [2.05, 4.69) is 4.99 Å². The third-order valence-electron chi connectivity index (χ3n) is 1.48. The second-order valence-electron chi connectivity index (χ2n) is 2.22. The Kier molecular flexibility index (Phi) is 2.24. The van der Waals surface area contributed by atoms with Crippen molar-refractivity contribution in [1.29, 1.82) is 0 Å². The third kappa shape index (κ3) is 1.57. The van der Waals surface area contributed by atoms with Crippen LogP contribution in [0.15, 0.2) is 16.9 Å². The first-order chi connectivity index (χ1) is 5.15. The predicted octanol–water partition coefficient (Wildman–Crippen LogP) is 0.00160. The lowest BCUT2D eigenvalue weighted by Crippen LogP contribution is -2.44. The van der Waals surface area contributed by atoms with Crippen LogP contribution in [0.5, 0.6) is 0 Å². The molecule has 11 heavy (non-hydrogen) atoms. The topological polar surface area (TPSA) is 67.6 Å². The molecular formula is C6H11ClN4. The van der Waals surface area contributed by atoms with Gasteiger partial charge < -0.3 is 16.4 Å². The van der Waals surface area contributed by atoms with E-state index in [1.165, 1.54) is 0 Å². The summed E-state index contributed by atoms with van der Waals surface area (Å²) < 4.78 is 0. The molecule has 0 aromatic rings. The number of likely N-dealkylation sites (N-methyl/N-ethyl adjacent to an activating group) is 1. The van der Waals surface area contributed by atoms with Crippen LogP contribution in [-0.2, 0) is 0 Å². The standard InChI is InChI=1S/C6H11ClN4/c1-2-11-4(7)3-5(8)10-6(11)9/h3-4H,2,8H2,1H3,(H2,9,10).